The number of carbonyl (C=O) groups excluding carboxylic acids is 2. The fraction of sp³-hybridized carbons (Fsp3) is 0.140. The van der Waals surface area contributed by atoms with Crippen LogP contribution in [0.4, 0.5) is 8.78 Å². The van der Waals surface area contributed by atoms with Gasteiger partial charge in [0, 0.05) is 64.4 Å². The number of halogens is 7. The van der Waals surface area contributed by atoms with Gasteiger partial charge in [-0.25, -0.2) is 13.6 Å². The highest BCUT2D eigenvalue weighted by molar-refractivity contribution is 9.11. The van der Waals surface area contributed by atoms with E-state index in [4.69, 9.17) is 32.7 Å². The number of Topliss-reactive ketones (excluding diaryl/α,β-unsaturated/α-hetero) is 2. The number of hydrogen-bond donors (Lipinski definition) is 1. The zero-order valence-electron chi connectivity index (χ0n) is 30.2. The van der Waals surface area contributed by atoms with Gasteiger partial charge in [0.1, 0.15) is 42.1 Å². The highest BCUT2D eigenvalue weighted by Crippen LogP contribution is 2.37. The maximum atomic E-state index is 14.3. The van der Waals surface area contributed by atoms with Crippen LogP contribution in [0.3, 0.4) is 0 Å². The van der Waals surface area contributed by atoms with Crippen LogP contribution in [0.5, 0.6) is 11.5 Å². The lowest BCUT2D eigenvalue weighted by molar-refractivity contribution is -0.117. The summed E-state index contributed by atoms with van der Waals surface area (Å²) in [7, 11) is 0. The highest BCUT2D eigenvalue weighted by atomic mass is 79.9. The normalized spacial score (nSPS) is 10.8. The quantitative estimate of drug-likeness (QED) is 0.116. The molecule has 0 aliphatic heterocycles. The molecular weight excluding hydrogens is 975 g/mol. The van der Waals surface area contributed by atoms with Crippen LogP contribution in [0.2, 0.25) is 10.0 Å². The van der Waals surface area contributed by atoms with Crippen molar-refractivity contribution in [1.29, 1.82) is 0 Å². The second-order valence-corrected chi connectivity index (χ2v) is 16.3. The summed E-state index contributed by atoms with van der Waals surface area (Å²) in [5.41, 5.74) is 4.26. The van der Waals surface area contributed by atoms with Crippen molar-refractivity contribution in [3.05, 3.63) is 166 Å². The molecule has 1 N–H and O–H groups in total. The number of hydrogen-bond acceptors (Lipinski definition) is 5. The summed E-state index contributed by atoms with van der Waals surface area (Å²) in [6, 6.07) is 28.2. The summed E-state index contributed by atoms with van der Waals surface area (Å²) in [6.07, 6.45) is 0.241. The third-order valence-corrected chi connectivity index (χ3v) is 10.3. The monoisotopic (exact) mass is 1000 g/mol. The zero-order chi connectivity index (χ0) is 41.4. The Morgan fingerprint density at radius 2 is 1.26 bits per heavy atom. The number of ketones is 2. The van der Waals surface area contributed by atoms with E-state index in [1.54, 1.807) is 66.7 Å². The number of carboxylic acids is 1. The minimum Gasteiger partial charge on any atom is -0.488 e. The molecule has 0 amide bonds. The van der Waals surface area contributed by atoms with Gasteiger partial charge < -0.3 is 23.9 Å². The first-order valence-corrected chi connectivity index (χ1v) is 20.2. The van der Waals surface area contributed by atoms with Crippen LogP contribution in [-0.2, 0) is 18.0 Å². The SMILES string of the molecule is CC(=O)CCC(=O)c1cc(Cl)ccc1OCc1ccc(Br)cc1F.Cc1ccc(-c2cc(Cl)ccc2OCc2ccc(Br)cc2F)n1-c1cc(Br)cc(C(=O)O)c1. The number of nitrogens with zero attached hydrogens (tertiary/aromatic N) is 1. The maximum Gasteiger partial charge on any atom is 0.335 e. The van der Waals surface area contributed by atoms with E-state index in [0.29, 0.717) is 62.9 Å². The Balaban J connectivity index is 0.000000230. The number of carboxylic acid groups (broad SMARTS) is 1. The van der Waals surface area contributed by atoms with Crippen LogP contribution in [0.1, 0.15) is 57.3 Å². The molecule has 7 nitrogen and oxygen atoms in total. The van der Waals surface area contributed by atoms with Crippen molar-refractivity contribution < 1.29 is 37.7 Å². The smallest absolute Gasteiger partial charge is 0.335 e. The van der Waals surface area contributed by atoms with Gasteiger partial charge in [0.25, 0.3) is 0 Å². The lowest BCUT2D eigenvalue weighted by Crippen LogP contribution is -2.07. The Kier molecular flexibility index (Phi) is 15.3. The number of ether oxygens (including phenoxy) is 2. The first-order chi connectivity index (χ1) is 27.1. The second-order valence-electron chi connectivity index (χ2n) is 12.7. The standard InChI is InChI=1S/C25H17Br2ClFNO3.C18H15BrClFO3/c1-14-2-6-23(30(14)20-9-16(25(31)32)8-18(27)10-20)21-12-19(28)5-7-24(21)33-13-15-3-4-17(26)11-22(15)29;1-11(22)2-6-17(23)15-9-14(20)5-7-18(15)24-10-12-3-4-13(19)8-16(12)21/h2-12H,13H2,1H3,(H,31,32);3-5,7-9H,2,6,10H2,1H3. The van der Waals surface area contributed by atoms with Gasteiger partial charge in [-0.05, 0) is 105 Å². The average molecular weight is 1010 g/mol. The Bertz CT molecular complexity index is 2470. The van der Waals surface area contributed by atoms with E-state index >= 15 is 0 Å². The molecule has 0 radical (unpaired) electrons. The Morgan fingerprint density at radius 1 is 0.684 bits per heavy atom. The number of aromatic carboxylic acids is 1. The fourth-order valence-corrected chi connectivity index (χ4v) is 7.10. The van der Waals surface area contributed by atoms with E-state index in [1.807, 2.05) is 29.7 Å². The van der Waals surface area contributed by atoms with E-state index in [-0.39, 0.29) is 49.0 Å². The first kappa shape index (κ1) is 43.8. The lowest BCUT2D eigenvalue weighted by Gasteiger charge is -2.17. The van der Waals surface area contributed by atoms with Gasteiger partial charge in [-0.2, -0.15) is 0 Å². The molecule has 0 spiro atoms. The van der Waals surface area contributed by atoms with Crippen molar-refractivity contribution in [2.45, 2.75) is 39.9 Å². The second kappa shape index (κ2) is 19.9. The predicted molar refractivity (Wildman–Crippen MR) is 228 cm³/mol. The fourth-order valence-electron chi connectivity index (χ4n) is 5.61. The Morgan fingerprint density at radius 3 is 1.84 bits per heavy atom. The summed E-state index contributed by atoms with van der Waals surface area (Å²) >= 11 is 22.1. The molecule has 1 heterocycles. The van der Waals surface area contributed by atoms with Gasteiger partial charge in [-0.1, -0.05) is 83.1 Å². The summed E-state index contributed by atoms with van der Waals surface area (Å²) in [4.78, 5) is 34.9. The number of aryl methyl sites for hydroxylation is 1. The number of rotatable bonds is 13. The average Bonchev–Trinajstić information content (AvgIpc) is 3.54. The largest absolute Gasteiger partial charge is 0.488 e. The van der Waals surface area contributed by atoms with Crippen LogP contribution in [0.15, 0.2) is 117 Å². The molecule has 0 aliphatic rings. The van der Waals surface area contributed by atoms with E-state index in [2.05, 4.69) is 47.8 Å². The topological polar surface area (TPSA) is 94.8 Å². The van der Waals surface area contributed by atoms with Gasteiger partial charge in [-0.3, -0.25) is 4.79 Å². The molecule has 0 bridgehead atoms. The van der Waals surface area contributed by atoms with Crippen molar-refractivity contribution in [2.24, 2.45) is 0 Å². The van der Waals surface area contributed by atoms with Gasteiger partial charge in [0.05, 0.1) is 16.8 Å². The van der Waals surface area contributed by atoms with Crippen LogP contribution in [0.25, 0.3) is 16.9 Å². The third-order valence-electron chi connectivity index (χ3n) is 8.42. The first-order valence-electron chi connectivity index (χ1n) is 17.1. The van der Waals surface area contributed by atoms with Crippen LogP contribution < -0.4 is 9.47 Å². The molecule has 57 heavy (non-hydrogen) atoms. The van der Waals surface area contributed by atoms with Crippen LogP contribution >= 0.6 is 71.0 Å². The zero-order valence-corrected chi connectivity index (χ0v) is 36.5. The molecule has 14 heteroatoms. The van der Waals surface area contributed by atoms with Gasteiger partial charge in [-0.15, -0.1) is 0 Å². The molecule has 1 aromatic heterocycles. The van der Waals surface area contributed by atoms with E-state index < -0.39 is 11.8 Å². The van der Waals surface area contributed by atoms with Crippen LogP contribution in [0, 0.1) is 18.6 Å². The van der Waals surface area contributed by atoms with Crippen molar-refractivity contribution >= 4 is 88.5 Å². The molecule has 0 aliphatic carbocycles. The van der Waals surface area contributed by atoms with E-state index in [9.17, 15) is 28.3 Å². The van der Waals surface area contributed by atoms with Gasteiger partial charge >= 0.3 is 5.97 Å². The van der Waals surface area contributed by atoms with Crippen molar-refractivity contribution in [1.82, 2.24) is 4.57 Å². The molecule has 0 atom stereocenters. The Hall–Kier alpha value is -4.33. The van der Waals surface area contributed by atoms with Crippen molar-refractivity contribution in [3.8, 4) is 28.4 Å². The lowest BCUT2D eigenvalue weighted by atomic mass is 10.0. The summed E-state index contributed by atoms with van der Waals surface area (Å²) in [5, 5.41) is 10.4. The van der Waals surface area contributed by atoms with Crippen LogP contribution in [-0.4, -0.2) is 27.2 Å². The number of carbonyl (C=O) groups is 3. The summed E-state index contributed by atoms with van der Waals surface area (Å²) < 4.78 is 43.6. The summed E-state index contributed by atoms with van der Waals surface area (Å²) in [5.74, 6) is -1.25. The minimum absolute atomic E-state index is 0.0201. The molecule has 0 fully saturated rings. The van der Waals surface area contributed by atoms with Crippen molar-refractivity contribution in [3.63, 3.8) is 0 Å². The minimum atomic E-state index is -1.02. The van der Waals surface area contributed by atoms with Crippen molar-refractivity contribution in [2.75, 3.05) is 0 Å². The number of benzene rings is 5. The molecule has 0 saturated carbocycles. The molecule has 294 valence electrons. The molecule has 6 rings (SSSR count). The summed E-state index contributed by atoms with van der Waals surface area (Å²) in [6.45, 7) is 3.37. The van der Waals surface area contributed by atoms with Gasteiger partial charge in [0.2, 0.25) is 0 Å². The molecule has 0 unspecified atom stereocenters. The van der Waals surface area contributed by atoms with Gasteiger partial charge in [0.15, 0.2) is 5.78 Å². The maximum absolute atomic E-state index is 14.3. The Labute approximate surface area is 362 Å². The molecular formula is C43H32Br3Cl2F2NO6. The molecule has 6 aromatic rings. The molecule has 0 saturated heterocycles. The predicted octanol–water partition coefficient (Wildman–Crippen LogP) is 13.4. The van der Waals surface area contributed by atoms with E-state index in [1.165, 1.54) is 25.1 Å². The molecule has 5 aromatic carbocycles. The number of aromatic nitrogens is 1. The van der Waals surface area contributed by atoms with E-state index in [0.717, 1.165) is 11.4 Å². The third kappa shape index (κ3) is 11.9. The highest BCUT2D eigenvalue weighted by Gasteiger charge is 2.18.